The second kappa shape index (κ2) is 6.77. The van der Waals surface area contributed by atoms with Gasteiger partial charge in [0.25, 0.3) is 0 Å². The summed E-state index contributed by atoms with van der Waals surface area (Å²) in [5.41, 5.74) is 3.83. The van der Waals surface area contributed by atoms with Crippen LogP contribution in [0.1, 0.15) is 41.9 Å². The van der Waals surface area contributed by atoms with Crippen molar-refractivity contribution in [2.45, 2.75) is 47.1 Å². The molecule has 0 aliphatic rings. The predicted octanol–water partition coefficient (Wildman–Crippen LogP) is 3.07. The molecule has 1 aromatic heterocycles. The molecule has 5 heteroatoms. The number of anilines is 1. The SMILES string of the molecule is CCC(C(=O)Nc1c(C)cccc1C)n1c(C)cc(C)nc1=O. The minimum absolute atomic E-state index is 0.194. The summed E-state index contributed by atoms with van der Waals surface area (Å²) >= 11 is 0. The van der Waals surface area contributed by atoms with Crippen LogP contribution in [0.4, 0.5) is 5.69 Å². The van der Waals surface area contributed by atoms with Gasteiger partial charge in [-0.3, -0.25) is 9.36 Å². The third kappa shape index (κ3) is 3.50. The number of aryl methyl sites for hydroxylation is 4. The normalized spacial score (nSPS) is 12.0. The summed E-state index contributed by atoms with van der Waals surface area (Å²) in [4.78, 5) is 28.9. The Morgan fingerprint density at radius 1 is 1.22 bits per heavy atom. The number of carbonyl (C=O) groups excluding carboxylic acids is 1. The number of rotatable bonds is 4. The molecular formula is C18H23N3O2. The average molecular weight is 313 g/mol. The molecular weight excluding hydrogens is 290 g/mol. The van der Waals surface area contributed by atoms with Gasteiger partial charge >= 0.3 is 5.69 Å². The van der Waals surface area contributed by atoms with E-state index in [1.165, 1.54) is 4.57 Å². The zero-order chi connectivity index (χ0) is 17.1. The molecule has 5 nitrogen and oxygen atoms in total. The van der Waals surface area contributed by atoms with E-state index in [0.717, 1.165) is 22.5 Å². The summed E-state index contributed by atoms with van der Waals surface area (Å²) in [5.74, 6) is -0.194. The molecule has 1 aromatic carbocycles. The molecule has 122 valence electrons. The highest BCUT2D eigenvalue weighted by Crippen LogP contribution is 2.22. The molecule has 1 amide bonds. The summed E-state index contributed by atoms with van der Waals surface area (Å²) in [6.45, 7) is 9.39. The van der Waals surface area contributed by atoms with Crippen LogP contribution in [0.15, 0.2) is 29.1 Å². The molecule has 2 aromatic rings. The Morgan fingerprint density at radius 3 is 2.35 bits per heavy atom. The Labute approximate surface area is 136 Å². The lowest BCUT2D eigenvalue weighted by atomic mass is 10.1. The van der Waals surface area contributed by atoms with Crippen LogP contribution in [0.5, 0.6) is 0 Å². The van der Waals surface area contributed by atoms with Crippen LogP contribution < -0.4 is 11.0 Å². The molecule has 0 spiro atoms. The van der Waals surface area contributed by atoms with E-state index >= 15 is 0 Å². The van der Waals surface area contributed by atoms with Crippen molar-refractivity contribution in [2.24, 2.45) is 0 Å². The van der Waals surface area contributed by atoms with Gasteiger partial charge in [-0.1, -0.05) is 25.1 Å². The Balaban J connectivity index is 2.39. The highest BCUT2D eigenvalue weighted by atomic mass is 16.2. The number of nitrogens with zero attached hydrogens (tertiary/aromatic N) is 2. The first-order chi connectivity index (χ1) is 10.8. The van der Waals surface area contributed by atoms with Crippen LogP contribution in [-0.2, 0) is 4.79 Å². The van der Waals surface area contributed by atoms with E-state index in [0.29, 0.717) is 12.1 Å². The first-order valence-electron chi connectivity index (χ1n) is 7.79. The largest absolute Gasteiger partial charge is 0.348 e. The fourth-order valence-electron chi connectivity index (χ4n) is 2.84. The van der Waals surface area contributed by atoms with Gasteiger partial charge in [0, 0.05) is 17.1 Å². The van der Waals surface area contributed by atoms with Gasteiger partial charge in [-0.25, -0.2) is 4.79 Å². The second-order valence-corrected chi connectivity index (χ2v) is 5.87. The maximum absolute atomic E-state index is 12.7. The lowest BCUT2D eigenvalue weighted by molar-refractivity contribution is -0.119. The average Bonchev–Trinajstić information content (AvgIpc) is 2.46. The van der Waals surface area contributed by atoms with Crippen molar-refractivity contribution in [1.82, 2.24) is 9.55 Å². The monoisotopic (exact) mass is 313 g/mol. The molecule has 0 saturated carbocycles. The first kappa shape index (κ1) is 16.9. The van der Waals surface area contributed by atoms with Gasteiger partial charge in [-0.2, -0.15) is 4.98 Å². The van der Waals surface area contributed by atoms with Crippen molar-refractivity contribution in [3.63, 3.8) is 0 Å². The third-order valence-electron chi connectivity index (χ3n) is 4.01. The van der Waals surface area contributed by atoms with Gasteiger partial charge in [0.15, 0.2) is 0 Å². The fourth-order valence-corrected chi connectivity index (χ4v) is 2.84. The van der Waals surface area contributed by atoms with Crippen molar-refractivity contribution in [3.8, 4) is 0 Å². The fraction of sp³-hybridized carbons (Fsp3) is 0.389. The number of hydrogen-bond donors (Lipinski definition) is 1. The number of benzene rings is 1. The third-order valence-corrected chi connectivity index (χ3v) is 4.01. The van der Waals surface area contributed by atoms with Crippen LogP contribution in [0, 0.1) is 27.7 Å². The molecule has 23 heavy (non-hydrogen) atoms. The van der Waals surface area contributed by atoms with Gasteiger partial charge in [-0.05, 0) is 51.3 Å². The highest BCUT2D eigenvalue weighted by molar-refractivity contribution is 5.95. The number of amides is 1. The van der Waals surface area contributed by atoms with Gasteiger partial charge in [0.05, 0.1) is 0 Å². The zero-order valence-corrected chi connectivity index (χ0v) is 14.3. The summed E-state index contributed by atoms with van der Waals surface area (Å²) in [7, 11) is 0. The Bertz CT molecular complexity index is 773. The Hall–Kier alpha value is -2.43. The maximum Gasteiger partial charge on any atom is 0.348 e. The van der Waals surface area contributed by atoms with E-state index in [9.17, 15) is 9.59 Å². The lowest BCUT2D eigenvalue weighted by Gasteiger charge is -2.21. The van der Waals surface area contributed by atoms with E-state index in [1.54, 1.807) is 6.92 Å². The van der Waals surface area contributed by atoms with Crippen LogP contribution in [-0.4, -0.2) is 15.5 Å². The molecule has 1 unspecified atom stereocenters. The Kier molecular flexibility index (Phi) is 4.98. The van der Waals surface area contributed by atoms with Gasteiger partial charge in [0.2, 0.25) is 5.91 Å². The van der Waals surface area contributed by atoms with Crippen molar-refractivity contribution in [2.75, 3.05) is 5.32 Å². The summed E-state index contributed by atoms with van der Waals surface area (Å²) in [6.07, 6.45) is 0.516. The predicted molar refractivity (Wildman–Crippen MR) is 91.8 cm³/mol. The number of carbonyl (C=O) groups is 1. The molecule has 0 saturated heterocycles. The molecule has 2 rings (SSSR count). The maximum atomic E-state index is 12.7. The summed E-state index contributed by atoms with van der Waals surface area (Å²) < 4.78 is 1.47. The van der Waals surface area contributed by atoms with Crippen LogP contribution >= 0.6 is 0 Å². The van der Waals surface area contributed by atoms with Crippen molar-refractivity contribution in [3.05, 3.63) is 57.3 Å². The zero-order valence-electron chi connectivity index (χ0n) is 14.3. The molecule has 0 aliphatic heterocycles. The quantitative estimate of drug-likeness (QED) is 0.943. The van der Waals surface area contributed by atoms with E-state index in [1.807, 2.05) is 52.0 Å². The smallest absolute Gasteiger partial charge is 0.324 e. The topological polar surface area (TPSA) is 64.0 Å². The Morgan fingerprint density at radius 2 is 1.83 bits per heavy atom. The first-order valence-corrected chi connectivity index (χ1v) is 7.79. The summed E-state index contributed by atoms with van der Waals surface area (Å²) in [5, 5.41) is 2.97. The van der Waals surface area contributed by atoms with Gasteiger partial charge in [-0.15, -0.1) is 0 Å². The molecule has 0 fully saturated rings. The molecule has 1 atom stereocenters. The van der Waals surface area contributed by atoms with Crippen molar-refractivity contribution >= 4 is 11.6 Å². The number of hydrogen-bond acceptors (Lipinski definition) is 3. The van der Waals surface area contributed by atoms with Crippen LogP contribution in [0.3, 0.4) is 0 Å². The van der Waals surface area contributed by atoms with Crippen molar-refractivity contribution < 1.29 is 4.79 Å². The van der Waals surface area contributed by atoms with Crippen LogP contribution in [0.2, 0.25) is 0 Å². The molecule has 0 radical (unpaired) electrons. The molecule has 0 aliphatic carbocycles. The molecule has 0 bridgehead atoms. The van der Waals surface area contributed by atoms with E-state index < -0.39 is 6.04 Å². The number of aromatic nitrogens is 2. The van der Waals surface area contributed by atoms with E-state index in [4.69, 9.17) is 0 Å². The number of para-hydroxylation sites is 1. The number of nitrogens with one attached hydrogen (secondary N) is 1. The highest BCUT2D eigenvalue weighted by Gasteiger charge is 2.22. The molecule has 1 N–H and O–H groups in total. The van der Waals surface area contributed by atoms with Crippen molar-refractivity contribution in [1.29, 1.82) is 0 Å². The standard InChI is InChI=1S/C18H23N3O2/c1-6-15(21-14(5)10-13(4)19-18(21)23)17(22)20-16-11(2)8-7-9-12(16)3/h7-10,15H,6H2,1-5H3,(H,20,22). The minimum Gasteiger partial charge on any atom is -0.324 e. The van der Waals surface area contributed by atoms with Gasteiger partial charge < -0.3 is 5.32 Å². The summed E-state index contributed by atoms with van der Waals surface area (Å²) in [6, 6.07) is 7.10. The van der Waals surface area contributed by atoms with E-state index in [-0.39, 0.29) is 11.6 Å². The molecule has 1 heterocycles. The van der Waals surface area contributed by atoms with Gasteiger partial charge in [0.1, 0.15) is 6.04 Å². The lowest BCUT2D eigenvalue weighted by Crippen LogP contribution is -2.36. The van der Waals surface area contributed by atoms with Crippen LogP contribution in [0.25, 0.3) is 0 Å². The second-order valence-electron chi connectivity index (χ2n) is 5.87. The van der Waals surface area contributed by atoms with E-state index in [2.05, 4.69) is 10.3 Å². The minimum atomic E-state index is -0.574.